The number of carbonyl (C=O) groups excluding carboxylic acids is 2. The van der Waals surface area contributed by atoms with E-state index in [2.05, 4.69) is 0 Å². The highest BCUT2D eigenvalue weighted by atomic mass is 16.5. The van der Waals surface area contributed by atoms with E-state index in [1.165, 1.54) is 24.3 Å². The molecule has 0 fully saturated rings. The van der Waals surface area contributed by atoms with Crippen LogP contribution in [0.25, 0.3) is 0 Å². The first kappa shape index (κ1) is 26.4. The minimum Gasteiger partial charge on any atom is -0.478 e. The van der Waals surface area contributed by atoms with Crippen molar-refractivity contribution in [2.45, 2.75) is 27.7 Å². The summed E-state index contributed by atoms with van der Waals surface area (Å²) in [7, 11) is 0. The minimum absolute atomic E-state index is 0.0312. The van der Waals surface area contributed by atoms with Crippen molar-refractivity contribution in [2.75, 3.05) is 13.2 Å². The van der Waals surface area contributed by atoms with Crippen LogP contribution in [0.2, 0.25) is 0 Å². The predicted octanol–water partition coefficient (Wildman–Crippen LogP) is 4.40. The normalized spacial score (nSPS) is 10.2. The monoisotopic (exact) mass is 444 g/mol. The first-order valence-electron chi connectivity index (χ1n) is 10.0. The molecule has 8 heteroatoms. The standard InChI is InChI=1S/2C12H14O4/c2*1-8(2)7-16-12(15)10-6-4-3-5-9(10)11(13)14/h2*3-6,8H,7H2,1-2H3,(H,13,14). The van der Waals surface area contributed by atoms with Gasteiger partial charge in [0.2, 0.25) is 0 Å². The molecule has 0 bridgehead atoms. The predicted molar refractivity (Wildman–Crippen MR) is 117 cm³/mol. The van der Waals surface area contributed by atoms with Crippen LogP contribution in [0, 0.1) is 11.8 Å². The maximum Gasteiger partial charge on any atom is 0.339 e. The van der Waals surface area contributed by atoms with Gasteiger partial charge in [-0.3, -0.25) is 0 Å². The van der Waals surface area contributed by atoms with Crippen molar-refractivity contribution in [1.82, 2.24) is 0 Å². The van der Waals surface area contributed by atoms with E-state index in [1.807, 2.05) is 27.7 Å². The van der Waals surface area contributed by atoms with Crippen LogP contribution in [0.3, 0.4) is 0 Å². The third-order valence-corrected chi connectivity index (χ3v) is 3.85. The number of carbonyl (C=O) groups is 4. The number of carboxylic acids is 2. The van der Waals surface area contributed by atoms with E-state index >= 15 is 0 Å². The van der Waals surface area contributed by atoms with Crippen LogP contribution in [0.15, 0.2) is 48.5 Å². The summed E-state index contributed by atoms with van der Waals surface area (Å²) in [6.45, 7) is 8.22. The number of aromatic carboxylic acids is 2. The van der Waals surface area contributed by atoms with E-state index in [1.54, 1.807) is 24.3 Å². The van der Waals surface area contributed by atoms with Gasteiger partial charge in [-0.1, -0.05) is 52.0 Å². The molecule has 0 aliphatic rings. The highest BCUT2D eigenvalue weighted by Crippen LogP contribution is 2.12. The lowest BCUT2D eigenvalue weighted by Crippen LogP contribution is -2.14. The zero-order valence-corrected chi connectivity index (χ0v) is 18.5. The zero-order valence-electron chi connectivity index (χ0n) is 18.5. The Balaban J connectivity index is 0.000000320. The Kier molecular flexibility index (Phi) is 10.6. The number of hydrogen-bond donors (Lipinski definition) is 2. The molecule has 0 amide bonds. The summed E-state index contributed by atoms with van der Waals surface area (Å²) < 4.78 is 9.96. The molecule has 2 N–H and O–H groups in total. The smallest absolute Gasteiger partial charge is 0.339 e. The van der Waals surface area contributed by atoms with Crippen molar-refractivity contribution >= 4 is 23.9 Å². The molecule has 0 spiro atoms. The van der Waals surface area contributed by atoms with Crippen molar-refractivity contribution < 1.29 is 38.9 Å². The molecule has 32 heavy (non-hydrogen) atoms. The molecule has 0 aliphatic carbocycles. The molecule has 2 aromatic rings. The number of hydrogen-bond acceptors (Lipinski definition) is 6. The Hall–Kier alpha value is -3.68. The summed E-state index contributed by atoms with van der Waals surface area (Å²) >= 11 is 0. The van der Waals surface area contributed by atoms with E-state index in [0.717, 1.165) is 0 Å². The summed E-state index contributed by atoms with van der Waals surface area (Å²) in [5.41, 5.74) is 0.124. The molecule has 172 valence electrons. The van der Waals surface area contributed by atoms with Gasteiger partial charge in [0.05, 0.1) is 35.5 Å². The third kappa shape index (κ3) is 8.59. The average Bonchev–Trinajstić information content (AvgIpc) is 2.76. The van der Waals surface area contributed by atoms with E-state index in [4.69, 9.17) is 19.7 Å². The van der Waals surface area contributed by atoms with Gasteiger partial charge in [0.1, 0.15) is 0 Å². The lowest BCUT2D eigenvalue weighted by atomic mass is 10.1. The summed E-state index contributed by atoms with van der Waals surface area (Å²) in [6.07, 6.45) is 0. The Morgan fingerprint density at radius 2 is 0.906 bits per heavy atom. The summed E-state index contributed by atoms with van der Waals surface area (Å²) in [4.78, 5) is 44.9. The molecule has 0 saturated carbocycles. The molecule has 2 aromatic carbocycles. The van der Waals surface area contributed by atoms with Gasteiger partial charge in [0.15, 0.2) is 0 Å². The molecule has 0 saturated heterocycles. The second kappa shape index (κ2) is 12.9. The van der Waals surface area contributed by atoms with Crippen LogP contribution in [-0.2, 0) is 9.47 Å². The fourth-order valence-electron chi connectivity index (χ4n) is 2.34. The molecule has 0 aromatic heterocycles. The molecule has 0 atom stereocenters. The van der Waals surface area contributed by atoms with Crippen LogP contribution in [0.5, 0.6) is 0 Å². The van der Waals surface area contributed by atoms with Gasteiger partial charge in [-0.05, 0) is 36.1 Å². The van der Waals surface area contributed by atoms with Crippen molar-refractivity contribution in [3.63, 3.8) is 0 Å². The van der Waals surface area contributed by atoms with E-state index in [-0.39, 0.29) is 47.3 Å². The molecular formula is C24H28O8. The van der Waals surface area contributed by atoms with Gasteiger partial charge in [-0.25, -0.2) is 19.2 Å². The van der Waals surface area contributed by atoms with Crippen molar-refractivity contribution in [1.29, 1.82) is 0 Å². The molecule has 0 unspecified atom stereocenters. The van der Waals surface area contributed by atoms with Gasteiger partial charge >= 0.3 is 23.9 Å². The van der Waals surface area contributed by atoms with Gasteiger partial charge in [0.25, 0.3) is 0 Å². The van der Waals surface area contributed by atoms with Crippen molar-refractivity contribution in [3.05, 3.63) is 70.8 Å². The molecule has 2 rings (SSSR count). The highest BCUT2D eigenvalue weighted by Gasteiger charge is 2.18. The Bertz CT molecular complexity index is 869. The van der Waals surface area contributed by atoms with E-state index < -0.39 is 23.9 Å². The number of rotatable bonds is 8. The lowest BCUT2D eigenvalue weighted by molar-refractivity contribution is 0.0445. The maximum absolute atomic E-state index is 11.6. The Labute approximate surface area is 186 Å². The largest absolute Gasteiger partial charge is 0.478 e. The number of ether oxygens (including phenoxy) is 2. The number of esters is 2. The van der Waals surface area contributed by atoms with Crippen molar-refractivity contribution in [2.24, 2.45) is 11.8 Å². The maximum atomic E-state index is 11.6. The van der Waals surface area contributed by atoms with Crippen LogP contribution in [0.1, 0.15) is 69.1 Å². The van der Waals surface area contributed by atoms with Crippen LogP contribution in [0.4, 0.5) is 0 Å². The van der Waals surface area contributed by atoms with Crippen LogP contribution in [-0.4, -0.2) is 47.3 Å². The second-order valence-electron chi connectivity index (χ2n) is 7.69. The topological polar surface area (TPSA) is 127 Å². The molecule has 0 heterocycles. The van der Waals surface area contributed by atoms with Crippen LogP contribution >= 0.6 is 0 Å². The molecule has 0 radical (unpaired) electrons. The minimum atomic E-state index is -1.13. The lowest BCUT2D eigenvalue weighted by Gasteiger charge is -2.08. The van der Waals surface area contributed by atoms with Gasteiger partial charge in [-0.2, -0.15) is 0 Å². The van der Waals surface area contributed by atoms with Crippen LogP contribution < -0.4 is 0 Å². The van der Waals surface area contributed by atoms with Gasteiger partial charge in [-0.15, -0.1) is 0 Å². The Morgan fingerprint density at radius 1 is 0.625 bits per heavy atom. The summed E-state index contributed by atoms with van der Waals surface area (Å²) in [5.74, 6) is -2.99. The quantitative estimate of drug-likeness (QED) is 0.574. The first-order chi connectivity index (χ1) is 15.0. The molecular weight excluding hydrogens is 416 g/mol. The summed E-state index contributed by atoms with van der Waals surface area (Å²) in [6, 6.07) is 12.0. The fourth-order valence-corrected chi connectivity index (χ4v) is 2.34. The summed E-state index contributed by atoms with van der Waals surface area (Å²) in [5, 5.41) is 17.8. The Morgan fingerprint density at radius 3 is 1.16 bits per heavy atom. The molecule has 8 nitrogen and oxygen atoms in total. The van der Waals surface area contributed by atoms with E-state index in [9.17, 15) is 19.2 Å². The van der Waals surface area contributed by atoms with E-state index in [0.29, 0.717) is 0 Å². The second-order valence-corrected chi connectivity index (χ2v) is 7.69. The highest BCUT2D eigenvalue weighted by molar-refractivity contribution is 6.03. The SMILES string of the molecule is CC(C)COC(=O)c1ccccc1C(=O)O.CC(C)COC(=O)c1ccccc1C(=O)O. The van der Waals surface area contributed by atoms with Gasteiger partial charge < -0.3 is 19.7 Å². The first-order valence-corrected chi connectivity index (χ1v) is 10.0. The third-order valence-electron chi connectivity index (χ3n) is 3.85. The van der Waals surface area contributed by atoms with Gasteiger partial charge in [0, 0.05) is 0 Å². The zero-order chi connectivity index (χ0) is 24.3. The number of carboxylic acid groups (broad SMARTS) is 2. The number of benzene rings is 2. The fraction of sp³-hybridized carbons (Fsp3) is 0.333. The molecule has 0 aliphatic heterocycles. The average molecular weight is 444 g/mol. The van der Waals surface area contributed by atoms with Crippen molar-refractivity contribution in [3.8, 4) is 0 Å².